The third-order valence-electron chi connectivity index (χ3n) is 5.26. The highest BCUT2D eigenvalue weighted by atomic mass is 16.3. The molecule has 1 aliphatic rings. The molecule has 3 aromatic rings. The van der Waals surface area contributed by atoms with Gasteiger partial charge >= 0.3 is 0 Å². The van der Waals surface area contributed by atoms with Crippen LogP contribution in [0.25, 0.3) is 11.0 Å². The molecule has 0 atom stereocenters. The molecule has 1 N–H and O–H groups in total. The molecule has 1 amide bonds. The van der Waals surface area contributed by atoms with Crippen LogP contribution in [0.3, 0.4) is 0 Å². The smallest absolute Gasteiger partial charge is 0.254 e. The van der Waals surface area contributed by atoms with Crippen molar-refractivity contribution >= 4 is 16.9 Å². The van der Waals surface area contributed by atoms with E-state index in [1.54, 1.807) is 13.2 Å². The number of nitrogens with zero attached hydrogens (tertiary/aromatic N) is 2. The van der Waals surface area contributed by atoms with E-state index in [4.69, 9.17) is 4.42 Å². The fraction of sp³-hybridized carbons (Fsp3) is 0.381. The van der Waals surface area contributed by atoms with Crippen molar-refractivity contribution in [2.75, 3.05) is 13.1 Å². The second-order valence-electron chi connectivity index (χ2n) is 7.35. The maximum Gasteiger partial charge on any atom is 0.254 e. The minimum atomic E-state index is -0.0846. The first-order valence-electron chi connectivity index (χ1n) is 9.26. The molecule has 1 aliphatic heterocycles. The van der Waals surface area contributed by atoms with Gasteiger partial charge in [0.05, 0.1) is 18.4 Å². The summed E-state index contributed by atoms with van der Waals surface area (Å²) in [4.78, 5) is 34.1. The third-order valence-corrected chi connectivity index (χ3v) is 5.26. The Bertz CT molecular complexity index is 1090. The number of aromatic amines is 1. The fourth-order valence-electron chi connectivity index (χ4n) is 4.01. The van der Waals surface area contributed by atoms with E-state index in [9.17, 15) is 9.59 Å². The number of carbonyl (C=O) groups excluding carboxylic acids is 1. The first kappa shape index (κ1) is 17.5. The van der Waals surface area contributed by atoms with Crippen LogP contribution in [0, 0.1) is 20.8 Å². The van der Waals surface area contributed by atoms with E-state index in [0.29, 0.717) is 43.7 Å². The summed E-state index contributed by atoms with van der Waals surface area (Å²) in [6.07, 6.45) is 3.14. The molecule has 6 heteroatoms. The Labute approximate surface area is 157 Å². The van der Waals surface area contributed by atoms with Crippen molar-refractivity contribution in [3.05, 3.63) is 62.5 Å². The zero-order valence-corrected chi connectivity index (χ0v) is 15.9. The average molecular weight is 365 g/mol. The van der Waals surface area contributed by atoms with Crippen LogP contribution in [0.4, 0.5) is 0 Å². The number of aryl methyl sites for hydroxylation is 3. The van der Waals surface area contributed by atoms with Gasteiger partial charge in [-0.05, 0) is 44.4 Å². The predicted octanol–water partition coefficient (Wildman–Crippen LogP) is 2.61. The SMILES string of the molecule is Cc1cc(C)c2c(CC(=O)N3CCc4nc(C)[nH]c(=O)c4CC3)coc2c1. The molecule has 1 aromatic carbocycles. The number of nitrogens with one attached hydrogen (secondary N) is 1. The van der Waals surface area contributed by atoms with Gasteiger partial charge in [0.15, 0.2) is 0 Å². The largest absolute Gasteiger partial charge is 0.464 e. The first-order valence-corrected chi connectivity index (χ1v) is 9.26. The quantitative estimate of drug-likeness (QED) is 0.757. The van der Waals surface area contributed by atoms with Crippen LogP contribution in [0.5, 0.6) is 0 Å². The molecular weight excluding hydrogens is 342 g/mol. The highest BCUT2D eigenvalue weighted by Crippen LogP contribution is 2.27. The van der Waals surface area contributed by atoms with Crippen LogP contribution in [0.15, 0.2) is 27.6 Å². The summed E-state index contributed by atoms with van der Waals surface area (Å²) >= 11 is 0. The maximum absolute atomic E-state index is 12.9. The van der Waals surface area contributed by atoms with Gasteiger partial charge in [-0.25, -0.2) is 4.98 Å². The number of benzene rings is 1. The van der Waals surface area contributed by atoms with E-state index in [2.05, 4.69) is 16.0 Å². The van der Waals surface area contributed by atoms with Gasteiger partial charge in [0.2, 0.25) is 5.91 Å². The Morgan fingerprint density at radius 3 is 2.81 bits per heavy atom. The second-order valence-corrected chi connectivity index (χ2v) is 7.35. The zero-order valence-electron chi connectivity index (χ0n) is 15.9. The summed E-state index contributed by atoms with van der Waals surface area (Å²) in [5.41, 5.74) is 5.44. The van der Waals surface area contributed by atoms with Gasteiger partial charge in [-0.2, -0.15) is 0 Å². The average Bonchev–Trinajstić information content (AvgIpc) is 2.85. The molecule has 3 heterocycles. The van der Waals surface area contributed by atoms with Gasteiger partial charge < -0.3 is 14.3 Å². The van der Waals surface area contributed by atoms with E-state index in [1.165, 1.54) is 0 Å². The molecular formula is C21H23N3O3. The van der Waals surface area contributed by atoms with Crippen molar-refractivity contribution in [3.8, 4) is 0 Å². The summed E-state index contributed by atoms with van der Waals surface area (Å²) in [6, 6.07) is 4.11. The first-order chi connectivity index (χ1) is 12.9. The van der Waals surface area contributed by atoms with Crippen LogP contribution < -0.4 is 5.56 Å². The summed E-state index contributed by atoms with van der Waals surface area (Å²) < 4.78 is 5.68. The van der Waals surface area contributed by atoms with Crippen LogP contribution in [-0.2, 0) is 24.1 Å². The molecule has 2 aromatic heterocycles. The fourth-order valence-corrected chi connectivity index (χ4v) is 4.01. The molecule has 0 saturated carbocycles. The number of fused-ring (bicyclic) bond motifs is 2. The molecule has 4 rings (SSSR count). The number of rotatable bonds is 2. The number of H-pyrrole nitrogens is 1. The van der Waals surface area contributed by atoms with Crippen molar-refractivity contribution in [2.45, 2.75) is 40.0 Å². The van der Waals surface area contributed by atoms with E-state index in [-0.39, 0.29) is 11.5 Å². The van der Waals surface area contributed by atoms with E-state index < -0.39 is 0 Å². The Kier molecular flexibility index (Phi) is 4.34. The Hall–Kier alpha value is -2.89. The highest BCUT2D eigenvalue weighted by molar-refractivity contribution is 5.90. The molecule has 0 fully saturated rings. The van der Waals surface area contributed by atoms with Crippen LogP contribution in [0.2, 0.25) is 0 Å². The normalized spacial score (nSPS) is 14.3. The molecule has 6 nitrogen and oxygen atoms in total. The number of carbonyl (C=O) groups is 1. The molecule has 0 unspecified atom stereocenters. The monoisotopic (exact) mass is 365 g/mol. The molecule has 0 radical (unpaired) electrons. The number of aromatic nitrogens is 2. The summed E-state index contributed by atoms with van der Waals surface area (Å²) in [5.74, 6) is 0.674. The third kappa shape index (κ3) is 3.27. The lowest BCUT2D eigenvalue weighted by atomic mass is 10.0. The van der Waals surface area contributed by atoms with E-state index in [1.807, 2.05) is 24.8 Å². The molecule has 27 heavy (non-hydrogen) atoms. The van der Waals surface area contributed by atoms with Crippen LogP contribution >= 0.6 is 0 Å². The maximum atomic E-state index is 12.9. The van der Waals surface area contributed by atoms with E-state index in [0.717, 1.165) is 33.4 Å². The van der Waals surface area contributed by atoms with Gasteiger partial charge in [0.1, 0.15) is 11.4 Å². The van der Waals surface area contributed by atoms with Crippen molar-refractivity contribution in [2.24, 2.45) is 0 Å². The molecule has 0 bridgehead atoms. The standard InChI is InChI=1S/C21H23N3O3/c1-12-8-13(2)20-15(11-27-18(20)9-12)10-19(25)24-6-4-16-17(5-7-24)22-14(3)23-21(16)26/h8-9,11H,4-7,10H2,1-3H3,(H,22,23,26). The summed E-state index contributed by atoms with van der Waals surface area (Å²) in [5, 5.41) is 1.03. The predicted molar refractivity (Wildman–Crippen MR) is 103 cm³/mol. The van der Waals surface area contributed by atoms with Gasteiger partial charge in [0.25, 0.3) is 5.56 Å². The summed E-state index contributed by atoms with van der Waals surface area (Å²) in [7, 11) is 0. The Morgan fingerprint density at radius 1 is 1.22 bits per heavy atom. The number of furan rings is 1. The lowest BCUT2D eigenvalue weighted by Gasteiger charge is -2.20. The van der Waals surface area contributed by atoms with Crippen molar-refractivity contribution in [1.29, 1.82) is 0 Å². The molecule has 0 aliphatic carbocycles. The van der Waals surface area contributed by atoms with Gasteiger partial charge in [-0.1, -0.05) is 6.07 Å². The minimum Gasteiger partial charge on any atom is -0.464 e. The van der Waals surface area contributed by atoms with Crippen molar-refractivity contribution in [3.63, 3.8) is 0 Å². The number of hydrogen-bond donors (Lipinski definition) is 1. The van der Waals surface area contributed by atoms with Gasteiger partial charge in [-0.3, -0.25) is 9.59 Å². The molecule has 0 spiro atoms. The topological polar surface area (TPSA) is 79.2 Å². The number of hydrogen-bond acceptors (Lipinski definition) is 4. The van der Waals surface area contributed by atoms with Gasteiger partial charge in [0, 0.05) is 36.0 Å². The minimum absolute atomic E-state index is 0.0543. The highest BCUT2D eigenvalue weighted by Gasteiger charge is 2.23. The van der Waals surface area contributed by atoms with Crippen LogP contribution in [-0.4, -0.2) is 33.9 Å². The molecule has 140 valence electrons. The lowest BCUT2D eigenvalue weighted by molar-refractivity contribution is -0.130. The lowest BCUT2D eigenvalue weighted by Crippen LogP contribution is -2.34. The van der Waals surface area contributed by atoms with Crippen LogP contribution in [0.1, 0.15) is 33.8 Å². The Balaban J connectivity index is 1.55. The summed E-state index contributed by atoms with van der Waals surface area (Å²) in [6.45, 7) is 6.97. The Morgan fingerprint density at radius 2 is 2.00 bits per heavy atom. The number of amides is 1. The van der Waals surface area contributed by atoms with Crippen molar-refractivity contribution < 1.29 is 9.21 Å². The van der Waals surface area contributed by atoms with Crippen molar-refractivity contribution in [1.82, 2.24) is 14.9 Å². The molecule has 0 saturated heterocycles. The van der Waals surface area contributed by atoms with E-state index >= 15 is 0 Å². The zero-order chi connectivity index (χ0) is 19.1. The second kappa shape index (κ2) is 6.68. The van der Waals surface area contributed by atoms with Gasteiger partial charge in [-0.15, -0.1) is 0 Å².